The maximum Gasteiger partial charge on any atom is 0.321 e. The number of nitrogens with one attached hydrogen (secondary N) is 1. The molecule has 2 heterocycles. The average Bonchev–Trinajstić information content (AvgIpc) is 2.79. The second-order valence-corrected chi connectivity index (χ2v) is 9.55. The lowest BCUT2D eigenvalue weighted by Gasteiger charge is -2.56. The number of likely N-dealkylation sites (N-methyl/N-ethyl adjacent to an activating group) is 1. The van der Waals surface area contributed by atoms with Crippen LogP contribution in [-0.2, 0) is 4.79 Å². The lowest BCUT2D eigenvalue weighted by atomic mass is 9.66. The van der Waals surface area contributed by atoms with Gasteiger partial charge in [0.05, 0.1) is 11.5 Å². The van der Waals surface area contributed by atoms with Crippen molar-refractivity contribution < 1.29 is 18.8 Å². The van der Waals surface area contributed by atoms with Gasteiger partial charge in [-0.3, -0.25) is 9.59 Å². The molecule has 7 nitrogen and oxygen atoms in total. The second-order valence-electron chi connectivity index (χ2n) is 9.55. The summed E-state index contributed by atoms with van der Waals surface area (Å²) in [5.74, 6) is -1.08. The summed E-state index contributed by atoms with van der Waals surface area (Å²) >= 11 is 0. The highest BCUT2D eigenvalue weighted by Crippen LogP contribution is 2.48. The van der Waals surface area contributed by atoms with Crippen LogP contribution in [0.3, 0.4) is 0 Å². The zero-order valence-corrected chi connectivity index (χ0v) is 20.0. The average molecular weight is 467 g/mol. The van der Waals surface area contributed by atoms with E-state index < -0.39 is 17.3 Å². The van der Waals surface area contributed by atoms with Gasteiger partial charge in [-0.1, -0.05) is 24.3 Å². The Balaban J connectivity index is 1.67. The molecule has 4 amide bonds. The van der Waals surface area contributed by atoms with Gasteiger partial charge in [0.2, 0.25) is 5.91 Å². The SMILES string of the molecule is CC(C)N1C(=O)c2ccccc2C(C(=O)N(C)C)C12CCN(C(=O)Nc1cccc(F)c1)CC2. The molecule has 34 heavy (non-hydrogen) atoms. The summed E-state index contributed by atoms with van der Waals surface area (Å²) in [6.07, 6.45) is 0.929. The quantitative estimate of drug-likeness (QED) is 0.745. The summed E-state index contributed by atoms with van der Waals surface area (Å²) in [7, 11) is 3.46. The minimum Gasteiger partial charge on any atom is -0.348 e. The molecule has 2 aromatic rings. The van der Waals surface area contributed by atoms with E-state index in [4.69, 9.17) is 0 Å². The third-order valence-corrected chi connectivity index (χ3v) is 6.93. The first-order valence-corrected chi connectivity index (χ1v) is 11.6. The molecule has 0 aromatic heterocycles. The third kappa shape index (κ3) is 4.02. The van der Waals surface area contributed by atoms with Gasteiger partial charge in [-0.25, -0.2) is 9.18 Å². The first-order chi connectivity index (χ1) is 16.2. The van der Waals surface area contributed by atoms with Gasteiger partial charge in [0, 0.05) is 44.5 Å². The van der Waals surface area contributed by atoms with Crippen molar-refractivity contribution in [3.05, 3.63) is 65.5 Å². The standard InChI is InChI=1S/C26H31FN4O3/c1-17(2)31-23(32)21-11-6-5-10-20(21)22(24(33)29(3)4)26(31)12-14-30(15-13-26)25(34)28-19-9-7-8-18(27)16-19/h5-11,16-17,22H,12-15H2,1-4H3,(H,28,34). The van der Waals surface area contributed by atoms with Crippen molar-refractivity contribution in [3.8, 4) is 0 Å². The van der Waals surface area contributed by atoms with Crippen LogP contribution in [0.2, 0.25) is 0 Å². The molecule has 1 atom stereocenters. The highest BCUT2D eigenvalue weighted by molar-refractivity contribution is 6.02. The number of urea groups is 1. The van der Waals surface area contributed by atoms with Gasteiger partial charge in [-0.05, 0) is 56.5 Å². The molecule has 180 valence electrons. The minimum absolute atomic E-state index is 0.0525. The summed E-state index contributed by atoms with van der Waals surface area (Å²) in [6.45, 7) is 4.68. The van der Waals surface area contributed by atoms with E-state index in [0.29, 0.717) is 37.2 Å². The largest absolute Gasteiger partial charge is 0.348 e. The first-order valence-electron chi connectivity index (χ1n) is 11.6. The molecule has 1 N–H and O–H groups in total. The van der Waals surface area contributed by atoms with Crippen LogP contribution in [0, 0.1) is 5.82 Å². The number of likely N-dealkylation sites (tertiary alicyclic amines) is 1. The molecule has 2 aliphatic rings. The number of carbonyl (C=O) groups is 3. The molecule has 1 saturated heterocycles. The predicted molar refractivity (Wildman–Crippen MR) is 128 cm³/mol. The van der Waals surface area contributed by atoms with E-state index in [1.807, 2.05) is 36.9 Å². The first kappa shape index (κ1) is 23.7. The molecule has 0 saturated carbocycles. The zero-order valence-electron chi connectivity index (χ0n) is 20.0. The summed E-state index contributed by atoms with van der Waals surface area (Å²) < 4.78 is 13.5. The molecule has 0 radical (unpaired) electrons. The van der Waals surface area contributed by atoms with Crippen LogP contribution < -0.4 is 5.32 Å². The van der Waals surface area contributed by atoms with Gasteiger partial charge < -0.3 is 20.0 Å². The molecule has 1 spiro atoms. The van der Waals surface area contributed by atoms with E-state index in [0.717, 1.165) is 5.56 Å². The Bertz CT molecular complexity index is 1110. The van der Waals surface area contributed by atoms with Crippen LogP contribution >= 0.6 is 0 Å². The normalized spacial score (nSPS) is 19.2. The van der Waals surface area contributed by atoms with Crippen molar-refractivity contribution in [2.45, 2.75) is 44.2 Å². The maximum atomic E-state index is 13.6. The molecule has 0 bridgehead atoms. The molecule has 2 aromatic carbocycles. The number of anilines is 1. The molecular weight excluding hydrogens is 435 g/mol. The summed E-state index contributed by atoms with van der Waals surface area (Å²) in [6, 6.07) is 12.7. The van der Waals surface area contributed by atoms with Crippen LogP contribution in [0.15, 0.2) is 48.5 Å². The fraction of sp³-hybridized carbons (Fsp3) is 0.423. The molecule has 8 heteroatoms. The van der Waals surface area contributed by atoms with Crippen LogP contribution in [0.4, 0.5) is 14.9 Å². The Morgan fingerprint density at radius 1 is 1.09 bits per heavy atom. The predicted octanol–water partition coefficient (Wildman–Crippen LogP) is 3.93. The molecule has 2 aliphatic heterocycles. The van der Waals surface area contributed by atoms with E-state index in [2.05, 4.69) is 5.32 Å². The van der Waals surface area contributed by atoms with Crippen LogP contribution in [0.5, 0.6) is 0 Å². The Hall–Kier alpha value is -3.42. The van der Waals surface area contributed by atoms with Gasteiger partial charge in [-0.15, -0.1) is 0 Å². The number of piperidine rings is 1. The third-order valence-electron chi connectivity index (χ3n) is 6.93. The number of benzene rings is 2. The lowest BCUT2D eigenvalue weighted by Crippen LogP contribution is -2.67. The van der Waals surface area contributed by atoms with Crippen LogP contribution in [0.1, 0.15) is 48.5 Å². The minimum atomic E-state index is -0.739. The van der Waals surface area contributed by atoms with Crippen molar-refractivity contribution in [2.75, 3.05) is 32.5 Å². The maximum absolute atomic E-state index is 13.6. The van der Waals surface area contributed by atoms with Gasteiger partial charge in [0.15, 0.2) is 0 Å². The van der Waals surface area contributed by atoms with E-state index in [1.54, 1.807) is 42.1 Å². The number of nitrogens with zero attached hydrogens (tertiary/aromatic N) is 3. The van der Waals surface area contributed by atoms with E-state index in [-0.39, 0.29) is 23.9 Å². The van der Waals surface area contributed by atoms with Gasteiger partial charge in [0.25, 0.3) is 5.91 Å². The number of rotatable bonds is 3. The van der Waals surface area contributed by atoms with Crippen molar-refractivity contribution >= 4 is 23.5 Å². The van der Waals surface area contributed by atoms with Crippen molar-refractivity contribution in [2.24, 2.45) is 0 Å². The number of amides is 4. The smallest absolute Gasteiger partial charge is 0.321 e. The molecule has 4 rings (SSSR count). The van der Waals surface area contributed by atoms with Crippen molar-refractivity contribution in [3.63, 3.8) is 0 Å². The van der Waals surface area contributed by atoms with Gasteiger partial charge >= 0.3 is 6.03 Å². The van der Waals surface area contributed by atoms with Gasteiger partial charge in [-0.2, -0.15) is 0 Å². The monoisotopic (exact) mass is 466 g/mol. The fourth-order valence-corrected chi connectivity index (χ4v) is 5.47. The number of carbonyl (C=O) groups excluding carboxylic acids is 3. The highest BCUT2D eigenvalue weighted by Gasteiger charge is 2.56. The summed E-state index contributed by atoms with van der Waals surface area (Å²) in [4.78, 5) is 45.2. The summed E-state index contributed by atoms with van der Waals surface area (Å²) in [5.41, 5.74) is 0.960. The molecule has 1 unspecified atom stereocenters. The number of fused-ring (bicyclic) bond motifs is 1. The van der Waals surface area contributed by atoms with Crippen LogP contribution in [0.25, 0.3) is 0 Å². The topological polar surface area (TPSA) is 73.0 Å². The Labute approximate surface area is 199 Å². The Morgan fingerprint density at radius 2 is 1.76 bits per heavy atom. The Morgan fingerprint density at radius 3 is 2.38 bits per heavy atom. The number of hydrogen-bond acceptors (Lipinski definition) is 3. The molecular formula is C26H31FN4O3. The zero-order chi connectivity index (χ0) is 24.6. The molecule has 1 fully saturated rings. The lowest BCUT2D eigenvalue weighted by molar-refractivity contribution is -0.136. The van der Waals surface area contributed by atoms with E-state index in [9.17, 15) is 18.8 Å². The Kier molecular flexibility index (Phi) is 6.34. The molecule has 0 aliphatic carbocycles. The van der Waals surface area contributed by atoms with E-state index >= 15 is 0 Å². The fourth-order valence-electron chi connectivity index (χ4n) is 5.47. The highest BCUT2D eigenvalue weighted by atomic mass is 19.1. The van der Waals surface area contributed by atoms with Gasteiger partial charge in [0.1, 0.15) is 5.82 Å². The van der Waals surface area contributed by atoms with Crippen LogP contribution in [-0.4, -0.2) is 71.3 Å². The summed E-state index contributed by atoms with van der Waals surface area (Å²) in [5, 5.41) is 2.75. The van der Waals surface area contributed by atoms with Crippen molar-refractivity contribution in [1.29, 1.82) is 0 Å². The second kappa shape index (κ2) is 9.08. The van der Waals surface area contributed by atoms with E-state index in [1.165, 1.54) is 12.1 Å². The number of hydrogen-bond donors (Lipinski definition) is 1. The number of halogens is 1. The van der Waals surface area contributed by atoms with Crippen molar-refractivity contribution in [1.82, 2.24) is 14.7 Å².